The van der Waals surface area contributed by atoms with Crippen LogP contribution in [0.4, 0.5) is 4.39 Å². The van der Waals surface area contributed by atoms with Gasteiger partial charge in [-0.1, -0.05) is 31.2 Å². The smallest absolute Gasteiger partial charge is 0.290 e. The Morgan fingerprint density at radius 2 is 1.95 bits per heavy atom. The Morgan fingerprint density at radius 1 is 1.19 bits per heavy atom. The molecule has 198 valence electrons. The number of nitrogens with zero attached hydrogens (tertiary/aromatic N) is 1. The van der Waals surface area contributed by atoms with Gasteiger partial charge in [0.25, 0.3) is 5.91 Å². The van der Waals surface area contributed by atoms with Crippen molar-refractivity contribution in [1.29, 1.82) is 0 Å². The summed E-state index contributed by atoms with van der Waals surface area (Å²) in [6, 6.07) is 12.1. The molecular formula is C27H30FIN2O6. The number of ether oxygens (including phenoxy) is 1. The average Bonchev–Trinajstić information content (AvgIpc) is 2.89. The summed E-state index contributed by atoms with van der Waals surface area (Å²) in [4.78, 5) is 39.7. The number of amides is 2. The van der Waals surface area contributed by atoms with E-state index in [1.807, 2.05) is 12.1 Å². The van der Waals surface area contributed by atoms with Crippen molar-refractivity contribution in [2.45, 2.75) is 44.4 Å². The van der Waals surface area contributed by atoms with E-state index in [4.69, 9.17) is 9.84 Å². The highest BCUT2D eigenvalue weighted by molar-refractivity contribution is 14.1. The second kappa shape index (κ2) is 13.6. The molecule has 0 fully saturated rings. The SMILES string of the molecule is CCC(=O)C(=O)N(CCc1cccc(F)c1)C1CC(C(=O)NCCO)=CC(Oc2ccccc2I)C1O. The van der Waals surface area contributed by atoms with Gasteiger partial charge < -0.3 is 25.2 Å². The van der Waals surface area contributed by atoms with Crippen molar-refractivity contribution in [3.05, 3.63) is 75.1 Å². The van der Waals surface area contributed by atoms with Crippen molar-refractivity contribution >= 4 is 40.2 Å². The molecule has 0 aromatic heterocycles. The van der Waals surface area contributed by atoms with Crippen molar-refractivity contribution in [2.75, 3.05) is 19.7 Å². The first kappa shape index (κ1) is 28.7. The zero-order chi connectivity index (χ0) is 26.9. The van der Waals surface area contributed by atoms with Gasteiger partial charge in [0.15, 0.2) is 0 Å². The van der Waals surface area contributed by atoms with E-state index in [9.17, 15) is 23.9 Å². The van der Waals surface area contributed by atoms with Crippen LogP contribution in [0.15, 0.2) is 60.2 Å². The Hall–Kier alpha value is -2.83. The van der Waals surface area contributed by atoms with Gasteiger partial charge in [-0.05, 0) is 64.9 Å². The molecule has 0 radical (unpaired) electrons. The van der Waals surface area contributed by atoms with Crippen molar-refractivity contribution < 1.29 is 33.7 Å². The number of ketones is 1. The molecule has 8 nitrogen and oxygen atoms in total. The summed E-state index contributed by atoms with van der Waals surface area (Å²) in [6.07, 6.45) is -0.567. The fraction of sp³-hybridized carbons (Fsp3) is 0.370. The number of Topliss-reactive ketones (excluding diaryl/α,β-unsaturated/α-hetero) is 1. The molecule has 3 atom stereocenters. The first-order valence-corrected chi connectivity index (χ1v) is 13.1. The second-order valence-corrected chi connectivity index (χ2v) is 9.76. The van der Waals surface area contributed by atoms with Crippen LogP contribution in [-0.2, 0) is 20.8 Å². The zero-order valence-corrected chi connectivity index (χ0v) is 22.6. The molecule has 0 aliphatic heterocycles. The Morgan fingerprint density at radius 3 is 2.62 bits per heavy atom. The zero-order valence-electron chi connectivity index (χ0n) is 20.4. The third-order valence-corrected chi connectivity index (χ3v) is 6.96. The number of benzene rings is 2. The van der Waals surface area contributed by atoms with Gasteiger partial charge in [0.2, 0.25) is 11.7 Å². The minimum atomic E-state index is -1.26. The topological polar surface area (TPSA) is 116 Å². The van der Waals surface area contributed by atoms with Gasteiger partial charge >= 0.3 is 0 Å². The summed E-state index contributed by atoms with van der Waals surface area (Å²) < 4.78 is 20.6. The number of hydrogen-bond acceptors (Lipinski definition) is 6. The van der Waals surface area contributed by atoms with Gasteiger partial charge in [-0.25, -0.2) is 4.39 Å². The summed E-state index contributed by atoms with van der Waals surface area (Å²) in [5, 5.41) is 23.1. The van der Waals surface area contributed by atoms with Crippen LogP contribution < -0.4 is 10.1 Å². The molecule has 37 heavy (non-hydrogen) atoms. The van der Waals surface area contributed by atoms with Gasteiger partial charge in [0.05, 0.1) is 16.2 Å². The minimum absolute atomic E-state index is 0.0247. The Balaban J connectivity index is 1.95. The molecule has 0 saturated carbocycles. The van der Waals surface area contributed by atoms with E-state index < -0.39 is 41.7 Å². The van der Waals surface area contributed by atoms with Crippen molar-refractivity contribution in [3.8, 4) is 5.75 Å². The molecule has 2 amide bonds. The molecule has 3 rings (SSSR count). The monoisotopic (exact) mass is 624 g/mol. The van der Waals surface area contributed by atoms with E-state index in [1.54, 1.807) is 31.2 Å². The second-order valence-electron chi connectivity index (χ2n) is 8.60. The molecule has 0 saturated heterocycles. The summed E-state index contributed by atoms with van der Waals surface area (Å²) in [7, 11) is 0. The van der Waals surface area contributed by atoms with E-state index >= 15 is 0 Å². The van der Waals surface area contributed by atoms with Crippen LogP contribution in [-0.4, -0.2) is 70.7 Å². The molecule has 3 unspecified atom stereocenters. The molecule has 1 aliphatic carbocycles. The maximum atomic E-state index is 13.7. The van der Waals surface area contributed by atoms with E-state index in [1.165, 1.54) is 23.1 Å². The first-order chi connectivity index (χ1) is 17.7. The number of carbonyl (C=O) groups is 3. The number of rotatable bonds is 11. The van der Waals surface area contributed by atoms with E-state index in [0.717, 1.165) is 3.57 Å². The molecule has 0 bridgehead atoms. The Kier molecular flexibility index (Phi) is 10.6. The molecule has 0 spiro atoms. The highest BCUT2D eigenvalue weighted by atomic mass is 127. The number of para-hydroxylation sites is 1. The van der Waals surface area contributed by atoms with E-state index in [0.29, 0.717) is 11.3 Å². The minimum Gasteiger partial charge on any atom is -0.482 e. The average molecular weight is 624 g/mol. The van der Waals surface area contributed by atoms with Crippen molar-refractivity contribution in [2.24, 2.45) is 0 Å². The molecule has 1 aliphatic rings. The summed E-state index contributed by atoms with van der Waals surface area (Å²) in [6.45, 7) is 1.37. The van der Waals surface area contributed by atoms with E-state index in [2.05, 4.69) is 27.9 Å². The molecular weight excluding hydrogens is 594 g/mol. The lowest BCUT2D eigenvalue weighted by molar-refractivity contribution is -0.149. The summed E-state index contributed by atoms with van der Waals surface area (Å²) >= 11 is 2.09. The molecule has 10 heteroatoms. The first-order valence-electron chi connectivity index (χ1n) is 12.0. The van der Waals surface area contributed by atoms with Gasteiger partial charge in [0.1, 0.15) is 23.8 Å². The quantitative estimate of drug-likeness (QED) is 0.262. The number of halogens is 2. The Labute approximate surface area is 228 Å². The lowest BCUT2D eigenvalue weighted by atomic mass is 9.87. The van der Waals surface area contributed by atoms with Gasteiger partial charge in [-0.2, -0.15) is 0 Å². The third-order valence-electron chi connectivity index (χ3n) is 6.07. The number of hydrogen-bond donors (Lipinski definition) is 3. The van der Waals surface area contributed by atoms with Gasteiger partial charge in [-0.3, -0.25) is 14.4 Å². The lowest BCUT2D eigenvalue weighted by Gasteiger charge is -2.40. The molecule has 2 aromatic carbocycles. The van der Waals surface area contributed by atoms with Crippen LogP contribution >= 0.6 is 22.6 Å². The standard InChI is InChI=1S/C27H30FIN2O6/c1-2-22(33)27(36)31(12-10-17-6-5-7-19(28)14-17)21-15-18(26(35)30-11-13-32)16-24(25(21)34)37-23-9-4-3-8-20(23)29/h3-9,14,16,21,24-25,32,34H,2,10-13,15H2,1H3,(H,30,35). The van der Waals surface area contributed by atoms with Crippen LogP contribution in [0, 0.1) is 9.39 Å². The van der Waals surface area contributed by atoms with Crippen LogP contribution in [0.3, 0.4) is 0 Å². The van der Waals surface area contributed by atoms with E-state index in [-0.39, 0.29) is 44.5 Å². The maximum Gasteiger partial charge on any atom is 0.290 e. The van der Waals surface area contributed by atoms with Crippen molar-refractivity contribution in [1.82, 2.24) is 10.2 Å². The Bertz CT molecular complexity index is 1160. The number of aliphatic hydroxyl groups is 2. The molecule has 3 N–H and O–H groups in total. The number of nitrogens with one attached hydrogen (secondary N) is 1. The lowest BCUT2D eigenvalue weighted by Crippen LogP contribution is -2.56. The van der Waals surface area contributed by atoms with Crippen LogP contribution in [0.25, 0.3) is 0 Å². The van der Waals surface area contributed by atoms with Crippen molar-refractivity contribution in [3.63, 3.8) is 0 Å². The normalized spacial score (nSPS) is 19.1. The maximum absolute atomic E-state index is 13.7. The fourth-order valence-corrected chi connectivity index (χ4v) is 4.65. The van der Waals surface area contributed by atoms with Crippen LogP contribution in [0.2, 0.25) is 0 Å². The summed E-state index contributed by atoms with van der Waals surface area (Å²) in [5.41, 5.74) is 0.877. The predicted octanol–water partition coefficient (Wildman–Crippen LogP) is 2.40. The number of carbonyl (C=O) groups excluding carboxylic acids is 3. The highest BCUT2D eigenvalue weighted by Gasteiger charge is 2.41. The highest BCUT2D eigenvalue weighted by Crippen LogP contribution is 2.30. The summed E-state index contributed by atoms with van der Waals surface area (Å²) in [5.74, 6) is -1.83. The third kappa shape index (κ3) is 7.59. The fourth-order valence-electron chi connectivity index (χ4n) is 4.14. The van der Waals surface area contributed by atoms with Gasteiger partial charge in [-0.15, -0.1) is 0 Å². The largest absolute Gasteiger partial charge is 0.482 e. The predicted molar refractivity (Wildman–Crippen MR) is 143 cm³/mol. The van der Waals surface area contributed by atoms with Crippen LogP contribution in [0.5, 0.6) is 5.75 Å². The van der Waals surface area contributed by atoms with Gasteiger partial charge in [0, 0.05) is 31.5 Å². The number of aliphatic hydroxyl groups excluding tert-OH is 2. The van der Waals surface area contributed by atoms with Crippen LogP contribution in [0.1, 0.15) is 25.3 Å². The molecule has 2 aromatic rings. The molecule has 0 heterocycles.